The number of halogens is 1. The average molecular weight is 338 g/mol. The maximum absolute atomic E-state index is 11.2. The zero-order chi connectivity index (χ0) is 14.7. The molecule has 0 heterocycles. The Morgan fingerprint density at radius 2 is 1.85 bits per heavy atom. The van der Waals surface area contributed by atoms with Crippen LogP contribution in [0.25, 0.3) is 0 Å². The summed E-state index contributed by atoms with van der Waals surface area (Å²) in [6, 6.07) is 10.2. The van der Waals surface area contributed by atoms with E-state index >= 15 is 0 Å². The third-order valence-electron chi connectivity index (χ3n) is 2.72. The number of nitrogens with zero attached hydrogens (tertiary/aromatic N) is 1. The van der Waals surface area contributed by atoms with E-state index in [1.807, 2.05) is 19.1 Å². The van der Waals surface area contributed by atoms with Crippen molar-refractivity contribution < 1.29 is 14.4 Å². The number of ether oxygens (including phenoxy) is 2. The van der Waals surface area contributed by atoms with E-state index in [0.717, 1.165) is 10.0 Å². The van der Waals surface area contributed by atoms with Crippen LogP contribution < -0.4 is 9.47 Å². The van der Waals surface area contributed by atoms with E-state index in [1.165, 1.54) is 13.2 Å². The summed E-state index contributed by atoms with van der Waals surface area (Å²) in [5, 5.41) is 11.2. The van der Waals surface area contributed by atoms with E-state index < -0.39 is 4.92 Å². The molecule has 0 unspecified atom stereocenters. The molecule has 0 atom stereocenters. The molecule has 0 bridgehead atoms. The first-order valence-electron chi connectivity index (χ1n) is 5.78. The molecule has 104 valence electrons. The predicted octanol–water partition coefficient (Wildman–Crippen LogP) is 4.47. The van der Waals surface area contributed by atoms with Crippen molar-refractivity contribution >= 4 is 21.6 Å². The summed E-state index contributed by atoms with van der Waals surface area (Å²) in [5.74, 6) is 0.881. The lowest BCUT2D eigenvalue weighted by Gasteiger charge is -2.10. The fraction of sp³-hybridized carbons (Fsp3) is 0.143. The second-order valence-electron chi connectivity index (χ2n) is 4.08. The summed E-state index contributed by atoms with van der Waals surface area (Å²) in [4.78, 5) is 10.7. The summed E-state index contributed by atoms with van der Waals surface area (Å²) in [5.41, 5.74) is 0.689. The van der Waals surface area contributed by atoms with Crippen LogP contribution in [0.3, 0.4) is 0 Å². The van der Waals surface area contributed by atoms with Crippen LogP contribution in [0.15, 0.2) is 40.9 Å². The van der Waals surface area contributed by atoms with Crippen molar-refractivity contribution in [2.75, 3.05) is 7.11 Å². The molecule has 0 radical (unpaired) electrons. The quantitative estimate of drug-likeness (QED) is 0.610. The van der Waals surface area contributed by atoms with Crippen LogP contribution in [0.2, 0.25) is 0 Å². The van der Waals surface area contributed by atoms with Crippen LogP contribution in [0.1, 0.15) is 5.56 Å². The van der Waals surface area contributed by atoms with Gasteiger partial charge in [0.05, 0.1) is 12.0 Å². The van der Waals surface area contributed by atoms with Crippen LogP contribution in [0, 0.1) is 17.0 Å². The van der Waals surface area contributed by atoms with Crippen molar-refractivity contribution in [3.63, 3.8) is 0 Å². The first-order chi connectivity index (χ1) is 9.52. The Morgan fingerprint density at radius 3 is 2.45 bits per heavy atom. The highest BCUT2D eigenvalue weighted by molar-refractivity contribution is 9.10. The summed E-state index contributed by atoms with van der Waals surface area (Å²) in [6.45, 7) is 1.87. The Kier molecular flexibility index (Phi) is 4.24. The fourth-order valence-corrected chi connectivity index (χ4v) is 2.25. The number of benzene rings is 2. The summed E-state index contributed by atoms with van der Waals surface area (Å²) in [6.07, 6.45) is 0. The second-order valence-corrected chi connectivity index (χ2v) is 4.99. The van der Waals surface area contributed by atoms with Crippen LogP contribution in [-0.2, 0) is 0 Å². The number of nitro groups is 1. The fourth-order valence-electron chi connectivity index (χ4n) is 1.78. The van der Waals surface area contributed by atoms with Crippen molar-refractivity contribution in [3.05, 3.63) is 56.5 Å². The Hall–Kier alpha value is -2.08. The van der Waals surface area contributed by atoms with Gasteiger partial charge in [0.2, 0.25) is 11.5 Å². The molecule has 0 saturated carbocycles. The van der Waals surface area contributed by atoms with Gasteiger partial charge >= 0.3 is 5.69 Å². The minimum Gasteiger partial charge on any atom is -0.490 e. The van der Waals surface area contributed by atoms with E-state index in [9.17, 15) is 10.1 Å². The molecule has 0 amide bonds. The minimum atomic E-state index is -0.512. The normalized spacial score (nSPS) is 10.2. The molecule has 0 fully saturated rings. The van der Waals surface area contributed by atoms with Gasteiger partial charge in [-0.2, -0.15) is 0 Å². The maximum atomic E-state index is 11.2. The Balaban J connectivity index is 2.45. The third kappa shape index (κ3) is 2.91. The van der Waals surface area contributed by atoms with E-state index in [2.05, 4.69) is 15.9 Å². The van der Waals surface area contributed by atoms with Crippen molar-refractivity contribution in [2.24, 2.45) is 0 Å². The highest BCUT2D eigenvalue weighted by Crippen LogP contribution is 2.39. The first-order valence-corrected chi connectivity index (χ1v) is 6.57. The molecule has 0 aliphatic carbocycles. The number of para-hydroxylation sites is 1. The largest absolute Gasteiger partial charge is 0.490 e. The van der Waals surface area contributed by atoms with Gasteiger partial charge in [-0.1, -0.05) is 22.0 Å². The molecule has 0 N–H and O–H groups in total. The molecule has 2 rings (SSSR count). The van der Waals surface area contributed by atoms with Gasteiger partial charge in [-0.25, -0.2) is 0 Å². The number of aryl methyl sites for hydroxylation is 1. The van der Waals surface area contributed by atoms with Crippen molar-refractivity contribution in [3.8, 4) is 17.2 Å². The lowest BCUT2D eigenvalue weighted by molar-refractivity contribution is -0.386. The third-order valence-corrected chi connectivity index (χ3v) is 3.21. The zero-order valence-corrected chi connectivity index (χ0v) is 12.5. The predicted molar refractivity (Wildman–Crippen MR) is 78.6 cm³/mol. The number of hydrogen-bond donors (Lipinski definition) is 0. The highest BCUT2D eigenvalue weighted by atomic mass is 79.9. The number of methoxy groups -OCH3 is 1. The number of rotatable bonds is 4. The molecule has 0 aliphatic heterocycles. The van der Waals surface area contributed by atoms with Crippen LogP contribution in [0.4, 0.5) is 5.69 Å². The van der Waals surface area contributed by atoms with Gasteiger partial charge in [-0.05, 0) is 42.8 Å². The van der Waals surface area contributed by atoms with E-state index in [-0.39, 0.29) is 17.2 Å². The molecule has 6 heteroatoms. The molecule has 2 aromatic carbocycles. The number of nitro benzene ring substituents is 1. The topological polar surface area (TPSA) is 61.6 Å². The monoisotopic (exact) mass is 337 g/mol. The molecule has 2 aromatic rings. The van der Waals surface area contributed by atoms with Crippen molar-refractivity contribution in [2.45, 2.75) is 6.92 Å². The van der Waals surface area contributed by atoms with Gasteiger partial charge in [-0.15, -0.1) is 0 Å². The standard InChI is InChI=1S/C14H12BrNO4/c1-9-8-10(15)6-7-11(9)20-13-5-3-4-12(19-2)14(13)16(17)18/h3-8H,1-2H3. The first kappa shape index (κ1) is 14.3. The SMILES string of the molecule is COc1cccc(Oc2ccc(Br)cc2C)c1[N+](=O)[O-]. The molecular weight excluding hydrogens is 326 g/mol. The molecule has 0 aliphatic rings. The minimum absolute atomic E-state index is 0.153. The van der Waals surface area contributed by atoms with Gasteiger partial charge in [0.25, 0.3) is 0 Å². The molecule has 0 aromatic heterocycles. The van der Waals surface area contributed by atoms with Gasteiger partial charge in [0.15, 0.2) is 0 Å². The van der Waals surface area contributed by atoms with Crippen LogP contribution >= 0.6 is 15.9 Å². The average Bonchev–Trinajstić information content (AvgIpc) is 2.41. The second kappa shape index (κ2) is 5.92. The van der Waals surface area contributed by atoms with Crippen molar-refractivity contribution in [1.29, 1.82) is 0 Å². The van der Waals surface area contributed by atoms with Crippen LogP contribution in [-0.4, -0.2) is 12.0 Å². The van der Waals surface area contributed by atoms with Gasteiger partial charge < -0.3 is 9.47 Å². The lowest BCUT2D eigenvalue weighted by atomic mass is 10.2. The Morgan fingerprint density at radius 1 is 1.15 bits per heavy atom. The zero-order valence-electron chi connectivity index (χ0n) is 10.9. The lowest BCUT2D eigenvalue weighted by Crippen LogP contribution is -1.97. The Labute approximate surface area is 124 Å². The maximum Gasteiger partial charge on any atom is 0.352 e. The smallest absolute Gasteiger partial charge is 0.352 e. The molecule has 0 spiro atoms. The Bertz CT molecular complexity index is 658. The van der Waals surface area contributed by atoms with E-state index in [4.69, 9.17) is 9.47 Å². The molecule has 20 heavy (non-hydrogen) atoms. The van der Waals surface area contributed by atoms with Gasteiger partial charge in [-0.3, -0.25) is 10.1 Å². The van der Waals surface area contributed by atoms with E-state index in [1.54, 1.807) is 18.2 Å². The van der Waals surface area contributed by atoms with Gasteiger partial charge in [0.1, 0.15) is 5.75 Å². The highest BCUT2D eigenvalue weighted by Gasteiger charge is 2.22. The summed E-state index contributed by atoms with van der Waals surface area (Å²) in [7, 11) is 1.39. The molecule has 0 saturated heterocycles. The summed E-state index contributed by atoms with van der Waals surface area (Å²) >= 11 is 3.36. The number of hydrogen-bond acceptors (Lipinski definition) is 4. The van der Waals surface area contributed by atoms with Crippen molar-refractivity contribution in [1.82, 2.24) is 0 Å². The molecule has 5 nitrogen and oxygen atoms in total. The summed E-state index contributed by atoms with van der Waals surface area (Å²) < 4.78 is 11.6. The van der Waals surface area contributed by atoms with Crippen LogP contribution in [0.5, 0.6) is 17.2 Å². The van der Waals surface area contributed by atoms with E-state index in [0.29, 0.717) is 5.75 Å². The molecular formula is C14H12BrNO4. The van der Waals surface area contributed by atoms with Gasteiger partial charge in [0, 0.05) is 4.47 Å².